The summed E-state index contributed by atoms with van der Waals surface area (Å²) in [6.45, 7) is 0. The molecule has 48 valence electrons. The van der Waals surface area contributed by atoms with Gasteiger partial charge in [0.2, 0.25) is 0 Å². The van der Waals surface area contributed by atoms with E-state index in [0.29, 0.717) is 0 Å². The maximum atomic E-state index is 7.33. The van der Waals surface area contributed by atoms with Crippen LogP contribution in [0.1, 0.15) is 0 Å². The van der Waals surface area contributed by atoms with Gasteiger partial charge in [-0.05, 0) is 0 Å². The molecule has 9 heavy (non-hydrogen) atoms. The van der Waals surface area contributed by atoms with Gasteiger partial charge < -0.3 is 30.1 Å². The minimum absolute atomic E-state index is 0. The van der Waals surface area contributed by atoms with Gasteiger partial charge in [0.1, 0.15) is 0 Å². The smallest absolute Gasteiger partial charge is 2.00 e. The minimum atomic E-state index is -4.61. The van der Waals surface area contributed by atoms with Gasteiger partial charge in [0.25, 0.3) is 0 Å². The molecule has 0 saturated heterocycles. The van der Waals surface area contributed by atoms with E-state index in [0.717, 1.165) is 0 Å². The molecule has 6 nitrogen and oxygen atoms in total. The zero-order chi connectivity index (χ0) is 4.50. The minimum Gasteiger partial charge on any atom is -2.00 e. The first-order valence-corrected chi connectivity index (χ1v) is 2.68. The molecule has 0 bridgehead atoms. The maximum Gasteiger partial charge on any atom is 4.00 e. The molecule has 0 atom stereocenters. The molecule has 0 saturated carbocycles. The van der Waals surface area contributed by atoms with E-state index in [-0.39, 0.29) is 54.5 Å². The Bertz CT molecular complexity index is 28.5. The molecule has 0 spiro atoms. The fourth-order valence-corrected chi connectivity index (χ4v) is 0. The Morgan fingerprint density at radius 1 is 0.778 bits per heavy atom. The molecule has 0 fully saturated rings. The van der Waals surface area contributed by atoms with Gasteiger partial charge >= 0.3 is 52.6 Å². The molecule has 0 aliphatic heterocycles. The van der Waals surface area contributed by atoms with Gasteiger partial charge in [-0.15, -0.1) is 0 Å². The number of rotatable bonds is 0. The first-order valence-electron chi connectivity index (χ1n) is 0.894. The fourth-order valence-electron chi connectivity index (χ4n) is 0. The summed E-state index contributed by atoms with van der Waals surface area (Å²) >= 11 is 0. The van der Waals surface area contributed by atoms with E-state index >= 15 is 0 Å². The summed E-state index contributed by atoms with van der Waals surface area (Å²) in [5, 5.41) is 0. The van der Waals surface area contributed by atoms with Crippen molar-refractivity contribution in [3.8, 4) is 0 Å². The molecule has 0 aliphatic rings. The average Bonchev–Trinajstić information content (AvgIpc) is 0.722. The summed E-state index contributed by atoms with van der Waals surface area (Å²) in [5.41, 5.74) is 0. The third-order valence-corrected chi connectivity index (χ3v) is 0. The first-order chi connectivity index (χ1) is 2.00. The van der Waals surface area contributed by atoms with Crippen LogP contribution in [0, 0.1) is 0 Å². The Balaban J connectivity index is -0.0000000133. The second kappa shape index (κ2) is 12.1. The van der Waals surface area contributed by atoms with Crippen molar-refractivity contribution in [2.45, 2.75) is 0 Å². The Morgan fingerprint density at radius 3 is 0.778 bits per heavy atom. The first kappa shape index (κ1) is 31.5. The van der Waals surface area contributed by atoms with E-state index in [1.54, 1.807) is 0 Å². The predicted octanol–water partition coefficient (Wildman–Crippen LogP) is -3.23. The van der Waals surface area contributed by atoms with Crippen LogP contribution >= 0.6 is 0 Å². The third-order valence-electron chi connectivity index (χ3n) is 0. The van der Waals surface area contributed by atoms with Crippen LogP contribution in [-0.4, -0.2) is 45.6 Å². The van der Waals surface area contributed by atoms with Crippen molar-refractivity contribution in [2.24, 2.45) is 0 Å². The molecule has 9 heteroatoms. The largest absolute Gasteiger partial charge is 4.00 e. The van der Waals surface area contributed by atoms with Crippen LogP contribution in [-0.2, 0) is 37.2 Å². The van der Waals surface area contributed by atoms with Crippen molar-refractivity contribution in [1.29, 1.82) is 0 Å². The molecule has 0 rings (SSSR count). The molecule has 0 aromatic heterocycles. The van der Waals surface area contributed by atoms with Crippen molar-refractivity contribution in [3.05, 3.63) is 0 Å². The molecule has 0 heterocycles. The van der Waals surface area contributed by atoms with E-state index < -0.39 is 9.05 Å². The fraction of sp³-hybridized carbons (Fsp3) is 0. The van der Waals surface area contributed by atoms with Gasteiger partial charge in [0.05, 0.1) is 0 Å². The average molecular weight is 246 g/mol. The SMILES string of the molecule is O[Si](O)(O)O.[Al+3].[O-2].[O-2].[Zr+4]. The Kier molecular flexibility index (Phi) is 42.4. The van der Waals surface area contributed by atoms with Gasteiger partial charge in [0, 0.05) is 0 Å². The summed E-state index contributed by atoms with van der Waals surface area (Å²) in [6, 6.07) is 0. The Morgan fingerprint density at radius 2 is 0.778 bits per heavy atom. The van der Waals surface area contributed by atoms with Crippen molar-refractivity contribution < 1.29 is 56.3 Å². The molecule has 0 unspecified atom stereocenters. The Hall–Kier alpha value is 1.39. The van der Waals surface area contributed by atoms with Crippen LogP contribution in [0.3, 0.4) is 0 Å². The van der Waals surface area contributed by atoms with E-state index in [1.165, 1.54) is 0 Å². The molecular formula is H4AlO6SiZr+3. The Labute approximate surface area is 82.5 Å². The van der Waals surface area contributed by atoms with Crippen molar-refractivity contribution >= 4 is 26.4 Å². The quantitative estimate of drug-likeness (QED) is 0.334. The maximum absolute atomic E-state index is 7.33. The molecule has 0 amide bonds. The van der Waals surface area contributed by atoms with Crippen LogP contribution in [0.15, 0.2) is 0 Å². The molecular weight excluding hydrogens is 242 g/mol. The van der Waals surface area contributed by atoms with E-state index in [1.807, 2.05) is 0 Å². The molecule has 0 aromatic carbocycles. The molecule has 4 N–H and O–H groups in total. The van der Waals surface area contributed by atoms with Gasteiger partial charge in [-0.25, -0.2) is 0 Å². The standard InChI is InChI=1S/Al.H4O4Si.2O.Zr/c;1-5(2,3)4;;;/h;1-4H;;;/q+3;;2*-2;+4. The number of hydrogen-bond donors (Lipinski definition) is 4. The molecule has 0 radical (unpaired) electrons. The van der Waals surface area contributed by atoms with Crippen molar-refractivity contribution in [2.75, 3.05) is 0 Å². The van der Waals surface area contributed by atoms with Gasteiger partial charge in [-0.2, -0.15) is 0 Å². The van der Waals surface area contributed by atoms with Crippen LogP contribution in [0.2, 0.25) is 0 Å². The number of hydrogen-bond acceptors (Lipinski definition) is 4. The van der Waals surface area contributed by atoms with Crippen LogP contribution in [0.4, 0.5) is 0 Å². The van der Waals surface area contributed by atoms with Crippen LogP contribution < -0.4 is 0 Å². The van der Waals surface area contributed by atoms with Gasteiger partial charge in [-0.3, -0.25) is 0 Å². The van der Waals surface area contributed by atoms with Crippen molar-refractivity contribution in [3.63, 3.8) is 0 Å². The van der Waals surface area contributed by atoms with E-state index in [4.69, 9.17) is 19.2 Å². The van der Waals surface area contributed by atoms with Gasteiger partial charge in [-0.1, -0.05) is 0 Å². The van der Waals surface area contributed by atoms with Gasteiger partial charge in [0.15, 0.2) is 0 Å². The topological polar surface area (TPSA) is 138 Å². The summed E-state index contributed by atoms with van der Waals surface area (Å²) < 4.78 is 0. The second-order valence-corrected chi connectivity index (χ2v) is 1.80. The second-order valence-electron chi connectivity index (χ2n) is 0.600. The normalized spacial score (nSPS) is 6.67. The predicted molar refractivity (Wildman–Crippen MR) is 21.8 cm³/mol. The summed E-state index contributed by atoms with van der Waals surface area (Å²) in [5.74, 6) is 0. The molecule has 0 aromatic rings. The van der Waals surface area contributed by atoms with E-state index in [9.17, 15) is 0 Å². The van der Waals surface area contributed by atoms with Crippen LogP contribution in [0.25, 0.3) is 0 Å². The monoisotopic (exact) mass is 245 g/mol. The summed E-state index contributed by atoms with van der Waals surface area (Å²) in [4.78, 5) is 29.3. The zero-order valence-electron chi connectivity index (χ0n) is 4.18. The van der Waals surface area contributed by atoms with E-state index in [2.05, 4.69) is 0 Å². The summed E-state index contributed by atoms with van der Waals surface area (Å²) in [7, 11) is -4.61. The zero-order valence-corrected chi connectivity index (χ0v) is 8.80. The van der Waals surface area contributed by atoms with Crippen LogP contribution in [0.5, 0.6) is 0 Å². The van der Waals surface area contributed by atoms with Crippen molar-refractivity contribution in [1.82, 2.24) is 0 Å². The third kappa shape index (κ3) is 265. The summed E-state index contributed by atoms with van der Waals surface area (Å²) in [6.07, 6.45) is 0. The molecule has 0 aliphatic carbocycles.